The number of nitrogens with zero attached hydrogens (tertiary/aromatic N) is 4. The predicted octanol–water partition coefficient (Wildman–Crippen LogP) is 2.43. The molecule has 1 aromatic carbocycles. The summed E-state index contributed by atoms with van der Waals surface area (Å²) < 4.78 is 2.23. The summed E-state index contributed by atoms with van der Waals surface area (Å²) in [6, 6.07) is 10.3. The molecule has 0 fully saturated rings. The van der Waals surface area contributed by atoms with E-state index in [1.54, 1.807) is 0 Å². The smallest absolute Gasteiger partial charge is 0.237 e. The van der Waals surface area contributed by atoms with E-state index in [0.29, 0.717) is 12.5 Å². The number of carbonyl (C=O) groups is 1. The molecule has 1 N–H and O–H groups in total. The highest BCUT2D eigenvalue weighted by molar-refractivity contribution is 5.81. The van der Waals surface area contributed by atoms with Crippen LogP contribution in [0.4, 0.5) is 0 Å². The Morgan fingerprint density at radius 1 is 1.11 bits per heavy atom. The zero-order valence-corrected chi connectivity index (χ0v) is 16.7. The normalized spacial score (nSPS) is 15.6. The number of aryl methyl sites for hydroxylation is 2. The first-order chi connectivity index (χ1) is 13.0. The van der Waals surface area contributed by atoms with Crippen molar-refractivity contribution in [2.45, 2.75) is 59.2 Å². The van der Waals surface area contributed by atoms with Crippen LogP contribution < -0.4 is 5.32 Å². The molecule has 146 valence electrons. The lowest BCUT2D eigenvalue weighted by Gasteiger charge is -2.32. The van der Waals surface area contributed by atoms with Gasteiger partial charge in [-0.2, -0.15) is 0 Å². The van der Waals surface area contributed by atoms with Crippen molar-refractivity contribution in [2.24, 2.45) is 5.92 Å². The summed E-state index contributed by atoms with van der Waals surface area (Å²) in [5.74, 6) is 2.71. The van der Waals surface area contributed by atoms with E-state index in [0.717, 1.165) is 50.5 Å². The number of benzene rings is 1. The highest BCUT2D eigenvalue weighted by atomic mass is 16.2. The van der Waals surface area contributed by atoms with Crippen molar-refractivity contribution in [3.63, 3.8) is 0 Å². The van der Waals surface area contributed by atoms with Crippen molar-refractivity contribution in [3.8, 4) is 0 Å². The molecule has 0 saturated carbocycles. The van der Waals surface area contributed by atoms with Crippen LogP contribution in [-0.2, 0) is 30.7 Å². The molecule has 1 amide bonds. The Labute approximate surface area is 162 Å². The summed E-state index contributed by atoms with van der Waals surface area (Å²) in [6.07, 6.45) is 2.87. The fourth-order valence-electron chi connectivity index (χ4n) is 3.45. The molecule has 0 saturated heterocycles. The SMILES string of the molecule is CC(C)CCNC(=O)[C@@H](C)N1CCn2c(CCc3ccccc3)nnc2C1. The van der Waals surface area contributed by atoms with Gasteiger partial charge in [0.15, 0.2) is 0 Å². The molecule has 0 radical (unpaired) electrons. The highest BCUT2D eigenvalue weighted by Crippen LogP contribution is 2.16. The zero-order chi connectivity index (χ0) is 19.2. The van der Waals surface area contributed by atoms with Crippen molar-refractivity contribution in [2.75, 3.05) is 13.1 Å². The number of hydrogen-bond donors (Lipinski definition) is 1. The molecule has 0 aliphatic carbocycles. The minimum atomic E-state index is -0.143. The lowest BCUT2D eigenvalue weighted by Crippen LogP contribution is -2.48. The van der Waals surface area contributed by atoms with Gasteiger partial charge in [0.1, 0.15) is 11.6 Å². The molecule has 2 aromatic rings. The molecule has 3 rings (SSSR count). The number of aromatic nitrogens is 3. The second-order valence-corrected chi connectivity index (χ2v) is 7.79. The van der Waals surface area contributed by atoms with E-state index >= 15 is 0 Å². The van der Waals surface area contributed by atoms with Crippen LogP contribution in [-0.4, -0.2) is 44.7 Å². The van der Waals surface area contributed by atoms with Gasteiger partial charge in [0.2, 0.25) is 5.91 Å². The molecule has 1 aliphatic heterocycles. The maximum absolute atomic E-state index is 12.4. The van der Waals surface area contributed by atoms with Crippen molar-refractivity contribution < 1.29 is 4.79 Å². The first kappa shape index (κ1) is 19.5. The molecular weight excluding hydrogens is 338 g/mol. The van der Waals surface area contributed by atoms with Gasteiger partial charge in [-0.1, -0.05) is 44.2 Å². The Morgan fingerprint density at radius 2 is 1.89 bits per heavy atom. The largest absolute Gasteiger partial charge is 0.355 e. The molecule has 1 atom stereocenters. The number of hydrogen-bond acceptors (Lipinski definition) is 4. The number of nitrogens with one attached hydrogen (secondary N) is 1. The Hall–Kier alpha value is -2.21. The van der Waals surface area contributed by atoms with Crippen molar-refractivity contribution in [1.29, 1.82) is 0 Å². The van der Waals surface area contributed by atoms with Gasteiger partial charge in [-0.05, 0) is 31.2 Å². The first-order valence-corrected chi connectivity index (χ1v) is 10.0. The van der Waals surface area contributed by atoms with Gasteiger partial charge in [-0.25, -0.2) is 0 Å². The van der Waals surface area contributed by atoms with Gasteiger partial charge >= 0.3 is 0 Å². The molecule has 2 heterocycles. The van der Waals surface area contributed by atoms with Crippen LogP contribution in [0.5, 0.6) is 0 Å². The van der Waals surface area contributed by atoms with E-state index < -0.39 is 0 Å². The minimum Gasteiger partial charge on any atom is -0.355 e. The van der Waals surface area contributed by atoms with E-state index in [1.807, 2.05) is 13.0 Å². The molecule has 0 spiro atoms. The van der Waals surface area contributed by atoms with Crippen molar-refractivity contribution in [1.82, 2.24) is 25.0 Å². The third-order valence-electron chi connectivity index (χ3n) is 5.29. The number of fused-ring (bicyclic) bond motifs is 1. The average molecular weight is 370 g/mol. The number of amides is 1. The average Bonchev–Trinajstić information content (AvgIpc) is 3.08. The molecule has 1 aliphatic rings. The molecule has 0 bridgehead atoms. The Balaban J connectivity index is 1.54. The second kappa shape index (κ2) is 9.13. The predicted molar refractivity (Wildman–Crippen MR) is 106 cm³/mol. The van der Waals surface area contributed by atoms with Crippen LogP contribution >= 0.6 is 0 Å². The maximum atomic E-state index is 12.4. The summed E-state index contributed by atoms with van der Waals surface area (Å²) in [7, 11) is 0. The summed E-state index contributed by atoms with van der Waals surface area (Å²) >= 11 is 0. The third kappa shape index (κ3) is 5.16. The van der Waals surface area contributed by atoms with Crippen LogP contribution in [0, 0.1) is 5.92 Å². The maximum Gasteiger partial charge on any atom is 0.237 e. The first-order valence-electron chi connectivity index (χ1n) is 10.0. The van der Waals surface area contributed by atoms with E-state index in [4.69, 9.17) is 0 Å². The van der Waals surface area contributed by atoms with Crippen LogP contribution in [0.3, 0.4) is 0 Å². The minimum absolute atomic E-state index is 0.105. The van der Waals surface area contributed by atoms with Crippen molar-refractivity contribution in [3.05, 3.63) is 47.5 Å². The topological polar surface area (TPSA) is 63.1 Å². The van der Waals surface area contributed by atoms with Gasteiger partial charge in [0.05, 0.1) is 12.6 Å². The van der Waals surface area contributed by atoms with Crippen molar-refractivity contribution >= 4 is 5.91 Å². The number of carbonyl (C=O) groups excluding carboxylic acids is 1. The Kier molecular flexibility index (Phi) is 6.61. The van der Waals surface area contributed by atoms with Crippen LogP contribution in [0.15, 0.2) is 30.3 Å². The second-order valence-electron chi connectivity index (χ2n) is 7.79. The highest BCUT2D eigenvalue weighted by Gasteiger charge is 2.27. The molecule has 0 unspecified atom stereocenters. The third-order valence-corrected chi connectivity index (χ3v) is 5.29. The zero-order valence-electron chi connectivity index (χ0n) is 16.7. The van der Waals surface area contributed by atoms with E-state index in [-0.39, 0.29) is 11.9 Å². The number of rotatable bonds is 8. The standard InChI is InChI=1S/C21H31N5O/c1-16(2)11-12-22-21(27)17(3)25-13-14-26-19(23-24-20(26)15-25)10-9-18-7-5-4-6-8-18/h4-8,16-17H,9-15H2,1-3H3,(H,22,27)/t17-/m1/s1. The van der Waals surface area contributed by atoms with E-state index in [9.17, 15) is 4.79 Å². The summed E-state index contributed by atoms with van der Waals surface area (Å²) in [5.41, 5.74) is 1.32. The lowest BCUT2D eigenvalue weighted by atomic mass is 10.1. The van der Waals surface area contributed by atoms with E-state index in [1.165, 1.54) is 5.56 Å². The lowest BCUT2D eigenvalue weighted by molar-refractivity contribution is -0.126. The molecule has 6 nitrogen and oxygen atoms in total. The fraction of sp³-hybridized carbons (Fsp3) is 0.571. The summed E-state index contributed by atoms with van der Waals surface area (Å²) in [5, 5.41) is 11.8. The van der Waals surface area contributed by atoms with Gasteiger partial charge in [-0.3, -0.25) is 9.69 Å². The quantitative estimate of drug-likeness (QED) is 0.776. The van der Waals surface area contributed by atoms with Crippen LogP contribution in [0.1, 0.15) is 44.4 Å². The van der Waals surface area contributed by atoms with Crippen LogP contribution in [0.25, 0.3) is 0 Å². The van der Waals surface area contributed by atoms with Gasteiger partial charge < -0.3 is 9.88 Å². The van der Waals surface area contributed by atoms with E-state index in [2.05, 4.69) is 63.1 Å². The Bertz CT molecular complexity index is 740. The fourth-order valence-corrected chi connectivity index (χ4v) is 3.45. The Morgan fingerprint density at radius 3 is 2.63 bits per heavy atom. The van der Waals surface area contributed by atoms with Crippen LogP contribution in [0.2, 0.25) is 0 Å². The van der Waals surface area contributed by atoms with Gasteiger partial charge in [0, 0.05) is 26.1 Å². The monoisotopic (exact) mass is 369 g/mol. The van der Waals surface area contributed by atoms with Gasteiger partial charge in [-0.15, -0.1) is 10.2 Å². The molecule has 27 heavy (non-hydrogen) atoms. The van der Waals surface area contributed by atoms with Gasteiger partial charge in [0.25, 0.3) is 0 Å². The molecular formula is C21H31N5O. The molecule has 6 heteroatoms. The molecule has 1 aromatic heterocycles. The summed E-state index contributed by atoms with van der Waals surface area (Å²) in [4.78, 5) is 14.6. The summed E-state index contributed by atoms with van der Waals surface area (Å²) in [6.45, 7) is 9.43.